The molecule has 0 saturated heterocycles. The number of ether oxygens (including phenoxy) is 2. The van der Waals surface area contributed by atoms with Crippen molar-refractivity contribution < 1.29 is 33.4 Å². The van der Waals surface area contributed by atoms with Crippen LogP contribution in [-0.2, 0) is 4.79 Å². The van der Waals surface area contributed by atoms with Crippen LogP contribution in [0, 0.1) is 0 Å². The van der Waals surface area contributed by atoms with Gasteiger partial charge in [0.25, 0.3) is 11.8 Å². The van der Waals surface area contributed by atoms with Gasteiger partial charge in [0, 0.05) is 11.1 Å². The third-order valence-electron chi connectivity index (χ3n) is 5.63. The van der Waals surface area contributed by atoms with Crippen LogP contribution in [0.1, 0.15) is 32.0 Å². The van der Waals surface area contributed by atoms with Gasteiger partial charge in [-0.1, -0.05) is 36.4 Å². The van der Waals surface area contributed by atoms with Crippen molar-refractivity contribution in [3.8, 4) is 22.8 Å². The first-order chi connectivity index (χ1) is 19.4. The van der Waals surface area contributed by atoms with Crippen LogP contribution in [0.2, 0.25) is 0 Å². The van der Waals surface area contributed by atoms with Gasteiger partial charge in [-0.05, 0) is 60.2 Å². The highest BCUT2D eigenvalue weighted by Gasteiger charge is 2.15. The summed E-state index contributed by atoms with van der Waals surface area (Å²) in [6.45, 7) is 0. The van der Waals surface area contributed by atoms with Gasteiger partial charge in [0.2, 0.25) is 0 Å². The maximum absolute atomic E-state index is 13.1. The van der Waals surface area contributed by atoms with Crippen LogP contribution < -0.4 is 20.2 Å². The number of amides is 2. The van der Waals surface area contributed by atoms with E-state index in [1.807, 2.05) is 0 Å². The standard InChI is InChI=1S/C30H25N3O7/c1-38-26-13-11-19(16-27(26)39-2)15-24(32-28(34)20-7-4-3-5-8-20)29(35)33-31-18-23-12-14-25(40-23)21-9-6-10-22(17-21)30(36)37/h3-18H,1-2H3,(H,32,34)(H,33,35)(H,36,37)/b24-15+,31-18-. The first-order valence-corrected chi connectivity index (χ1v) is 11.9. The van der Waals surface area contributed by atoms with E-state index in [4.69, 9.17) is 13.9 Å². The topological polar surface area (TPSA) is 139 Å². The van der Waals surface area contributed by atoms with Crippen molar-refractivity contribution in [3.05, 3.63) is 113 Å². The Hall–Kier alpha value is -5.64. The maximum Gasteiger partial charge on any atom is 0.335 e. The van der Waals surface area contributed by atoms with E-state index in [0.29, 0.717) is 39.7 Å². The van der Waals surface area contributed by atoms with E-state index in [-0.39, 0.29) is 11.3 Å². The van der Waals surface area contributed by atoms with Crippen LogP contribution in [0.25, 0.3) is 17.4 Å². The van der Waals surface area contributed by atoms with E-state index in [1.165, 1.54) is 38.6 Å². The molecule has 0 bridgehead atoms. The summed E-state index contributed by atoms with van der Waals surface area (Å²) in [6.07, 6.45) is 2.77. The Morgan fingerprint density at radius 3 is 2.33 bits per heavy atom. The zero-order valence-electron chi connectivity index (χ0n) is 21.6. The molecule has 2 amide bonds. The number of nitrogens with one attached hydrogen (secondary N) is 2. The smallest absolute Gasteiger partial charge is 0.335 e. The van der Waals surface area contributed by atoms with Gasteiger partial charge in [0.1, 0.15) is 17.2 Å². The molecule has 4 rings (SSSR count). The zero-order chi connectivity index (χ0) is 28.5. The van der Waals surface area contributed by atoms with Crippen molar-refractivity contribution in [3.63, 3.8) is 0 Å². The van der Waals surface area contributed by atoms with Crippen molar-refractivity contribution in [1.29, 1.82) is 0 Å². The predicted molar refractivity (Wildman–Crippen MR) is 148 cm³/mol. The molecule has 1 aromatic heterocycles. The summed E-state index contributed by atoms with van der Waals surface area (Å²) in [5, 5.41) is 15.8. The first kappa shape index (κ1) is 27.4. The molecule has 0 unspecified atom stereocenters. The van der Waals surface area contributed by atoms with E-state index in [2.05, 4.69) is 15.8 Å². The Morgan fingerprint density at radius 1 is 0.850 bits per heavy atom. The highest BCUT2D eigenvalue weighted by Crippen LogP contribution is 2.28. The number of carbonyl (C=O) groups excluding carboxylic acids is 2. The molecule has 3 N–H and O–H groups in total. The lowest BCUT2D eigenvalue weighted by atomic mass is 10.1. The van der Waals surface area contributed by atoms with Crippen molar-refractivity contribution in [2.75, 3.05) is 14.2 Å². The summed E-state index contributed by atoms with van der Waals surface area (Å²) in [6, 6.07) is 23.1. The van der Waals surface area contributed by atoms with E-state index in [9.17, 15) is 19.5 Å². The van der Waals surface area contributed by atoms with Crippen molar-refractivity contribution >= 4 is 30.1 Å². The molecule has 0 spiro atoms. The number of furan rings is 1. The first-order valence-electron chi connectivity index (χ1n) is 11.9. The average Bonchev–Trinajstić information content (AvgIpc) is 3.46. The van der Waals surface area contributed by atoms with E-state index in [0.717, 1.165) is 0 Å². The number of aromatic carboxylic acids is 1. The fraction of sp³-hybridized carbons (Fsp3) is 0.0667. The third kappa shape index (κ3) is 6.81. The monoisotopic (exact) mass is 539 g/mol. The molecular weight excluding hydrogens is 514 g/mol. The molecule has 10 nitrogen and oxygen atoms in total. The second-order valence-electron chi connectivity index (χ2n) is 8.28. The fourth-order valence-corrected chi connectivity index (χ4v) is 3.65. The number of carboxylic acids is 1. The second kappa shape index (κ2) is 12.7. The van der Waals surface area contributed by atoms with E-state index < -0.39 is 17.8 Å². The number of rotatable bonds is 10. The number of carboxylic acid groups (broad SMARTS) is 1. The normalized spacial score (nSPS) is 11.2. The lowest BCUT2D eigenvalue weighted by Gasteiger charge is -2.11. The molecule has 10 heteroatoms. The maximum atomic E-state index is 13.1. The van der Waals surface area contributed by atoms with Gasteiger partial charge < -0.3 is 24.3 Å². The summed E-state index contributed by atoms with van der Waals surface area (Å²) < 4.78 is 16.3. The van der Waals surface area contributed by atoms with Gasteiger partial charge in [0.05, 0.1) is 26.0 Å². The molecule has 1 heterocycles. The molecule has 0 aliphatic carbocycles. The Morgan fingerprint density at radius 2 is 1.60 bits per heavy atom. The predicted octanol–water partition coefficient (Wildman–Crippen LogP) is 4.58. The zero-order valence-corrected chi connectivity index (χ0v) is 21.6. The molecule has 4 aromatic rings. The molecule has 0 radical (unpaired) electrons. The second-order valence-corrected chi connectivity index (χ2v) is 8.28. The van der Waals surface area contributed by atoms with Crippen LogP contribution in [0.4, 0.5) is 0 Å². The van der Waals surface area contributed by atoms with Crippen molar-refractivity contribution in [2.45, 2.75) is 0 Å². The number of hydrogen-bond donors (Lipinski definition) is 3. The average molecular weight is 540 g/mol. The molecule has 40 heavy (non-hydrogen) atoms. The van der Waals surface area contributed by atoms with Crippen LogP contribution in [-0.4, -0.2) is 43.3 Å². The van der Waals surface area contributed by atoms with E-state index in [1.54, 1.807) is 72.8 Å². The summed E-state index contributed by atoms with van der Waals surface area (Å²) in [5.74, 6) is -0.506. The minimum absolute atomic E-state index is 0.0659. The Bertz CT molecular complexity index is 1590. The third-order valence-corrected chi connectivity index (χ3v) is 5.63. The number of nitrogens with zero attached hydrogens (tertiary/aromatic N) is 1. The Labute approximate surface area is 229 Å². The molecule has 3 aromatic carbocycles. The molecule has 0 atom stereocenters. The quantitative estimate of drug-likeness (QED) is 0.152. The van der Waals surface area contributed by atoms with Gasteiger partial charge in [-0.25, -0.2) is 10.2 Å². The summed E-state index contributed by atoms with van der Waals surface area (Å²) in [7, 11) is 3.01. The number of benzene rings is 3. The Kier molecular flexibility index (Phi) is 8.73. The van der Waals surface area contributed by atoms with Gasteiger partial charge in [-0.2, -0.15) is 5.10 Å². The molecular formula is C30H25N3O7. The van der Waals surface area contributed by atoms with Crippen LogP contribution in [0.15, 0.2) is 100 Å². The van der Waals surface area contributed by atoms with Gasteiger partial charge in [-0.15, -0.1) is 0 Å². The molecule has 0 aliphatic heterocycles. The molecule has 0 fully saturated rings. The number of carbonyl (C=O) groups is 3. The van der Waals surface area contributed by atoms with Gasteiger partial charge in [-0.3, -0.25) is 9.59 Å². The lowest BCUT2D eigenvalue weighted by Crippen LogP contribution is -2.32. The minimum atomic E-state index is -1.05. The summed E-state index contributed by atoms with van der Waals surface area (Å²) >= 11 is 0. The largest absolute Gasteiger partial charge is 0.493 e. The number of methoxy groups -OCH3 is 2. The highest BCUT2D eigenvalue weighted by molar-refractivity contribution is 6.05. The fourth-order valence-electron chi connectivity index (χ4n) is 3.65. The SMILES string of the molecule is COc1ccc(/C=C(/NC(=O)c2ccccc2)C(=O)N/N=C\c2ccc(-c3cccc(C(=O)O)c3)o2)cc1OC. The van der Waals surface area contributed by atoms with Crippen LogP contribution >= 0.6 is 0 Å². The molecule has 0 aliphatic rings. The highest BCUT2D eigenvalue weighted by atomic mass is 16.5. The summed E-state index contributed by atoms with van der Waals surface area (Å²) in [4.78, 5) is 37.1. The Balaban J connectivity index is 1.53. The van der Waals surface area contributed by atoms with Crippen LogP contribution in [0.5, 0.6) is 11.5 Å². The van der Waals surface area contributed by atoms with Crippen molar-refractivity contribution in [2.24, 2.45) is 5.10 Å². The summed E-state index contributed by atoms with van der Waals surface area (Å²) in [5.41, 5.74) is 3.96. The van der Waals surface area contributed by atoms with Gasteiger partial charge >= 0.3 is 5.97 Å². The van der Waals surface area contributed by atoms with Gasteiger partial charge in [0.15, 0.2) is 11.5 Å². The lowest BCUT2D eigenvalue weighted by molar-refractivity contribution is -0.117. The molecule has 0 saturated carbocycles. The molecule has 202 valence electrons. The number of hydrazone groups is 1. The number of hydrogen-bond acceptors (Lipinski definition) is 7. The minimum Gasteiger partial charge on any atom is -0.493 e. The van der Waals surface area contributed by atoms with Crippen LogP contribution in [0.3, 0.4) is 0 Å². The van der Waals surface area contributed by atoms with E-state index >= 15 is 0 Å². The van der Waals surface area contributed by atoms with Crippen molar-refractivity contribution in [1.82, 2.24) is 10.7 Å².